The molecule has 0 heterocycles. The number of rotatable bonds is 6. The fourth-order valence-electron chi connectivity index (χ4n) is 1.62. The number of nitrogens with one attached hydrogen (secondary N) is 1. The third kappa shape index (κ3) is 3.98. The maximum absolute atomic E-state index is 9.43. The van der Waals surface area contributed by atoms with E-state index in [9.17, 15) is 5.11 Å². The number of methoxy groups -OCH3 is 1. The summed E-state index contributed by atoms with van der Waals surface area (Å²) in [6, 6.07) is 6.20. The molecule has 0 saturated carbocycles. The SMILES string of the molecule is CCC(C)NC(CO)c1ccc(OC)c(Br)c1. The molecule has 2 atom stereocenters. The lowest BCUT2D eigenvalue weighted by atomic mass is 10.1. The summed E-state index contributed by atoms with van der Waals surface area (Å²) in [6.07, 6.45) is 1.04. The van der Waals surface area contributed by atoms with Gasteiger partial charge in [-0.15, -0.1) is 0 Å². The predicted molar refractivity (Wildman–Crippen MR) is 73.4 cm³/mol. The van der Waals surface area contributed by atoms with Crippen molar-refractivity contribution < 1.29 is 9.84 Å². The molecule has 0 saturated heterocycles. The summed E-state index contributed by atoms with van der Waals surface area (Å²) >= 11 is 3.45. The van der Waals surface area contributed by atoms with Crippen LogP contribution in [0.5, 0.6) is 5.75 Å². The van der Waals surface area contributed by atoms with E-state index in [2.05, 4.69) is 35.1 Å². The smallest absolute Gasteiger partial charge is 0.133 e. The average molecular weight is 302 g/mol. The van der Waals surface area contributed by atoms with Crippen LogP contribution < -0.4 is 10.1 Å². The molecule has 0 aliphatic carbocycles. The molecule has 2 N–H and O–H groups in total. The van der Waals surface area contributed by atoms with Crippen LogP contribution in [0.15, 0.2) is 22.7 Å². The zero-order valence-electron chi connectivity index (χ0n) is 10.5. The first-order chi connectivity index (χ1) is 8.12. The fraction of sp³-hybridized carbons (Fsp3) is 0.538. The minimum absolute atomic E-state index is 0.0350. The van der Waals surface area contributed by atoms with Crippen LogP contribution in [-0.2, 0) is 0 Å². The first kappa shape index (κ1) is 14.5. The molecule has 0 aliphatic heterocycles. The minimum Gasteiger partial charge on any atom is -0.496 e. The third-order valence-corrected chi connectivity index (χ3v) is 3.48. The average Bonchev–Trinajstić information content (AvgIpc) is 2.35. The highest BCUT2D eigenvalue weighted by molar-refractivity contribution is 9.10. The molecular formula is C13H20BrNO2. The number of benzene rings is 1. The summed E-state index contributed by atoms with van der Waals surface area (Å²) < 4.78 is 6.09. The first-order valence-electron chi connectivity index (χ1n) is 5.82. The van der Waals surface area contributed by atoms with E-state index in [1.807, 2.05) is 18.2 Å². The molecule has 0 aromatic heterocycles. The lowest BCUT2D eigenvalue weighted by Gasteiger charge is -2.21. The molecule has 96 valence electrons. The number of ether oxygens (including phenoxy) is 1. The van der Waals surface area contributed by atoms with E-state index in [1.54, 1.807) is 7.11 Å². The fourth-order valence-corrected chi connectivity index (χ4v) is 2.17. The number of aliphatic hydroxyl groups is 1. The summed E-state index contributed by atoms with van der Waals surface area (Å²) in [5.41, 5.74) is 1.06. The monoisotopic (exact) mass is 301 g/mol. The van der Waals surface area contributed by atoms with E-state index in [1.165, 1.54) is 0 Å². The molecule has 1 aromatic rings. The standard InChI is InChI=1S/C13H20BrNO2/c1-4-9(2)15-12(8-16)10-5-6-13(17-3)11(14)7-10/h5-7,9,12,15-16H,4,8H2,1-3H3. The van der Waals surface area contributed by atoms with Crippen molar-refractivity contribution >= 4 is 15.9 Å². The van der Waals surface area contributed by atoms with Crippen LogP contribution in [-0.4, -0.2) is 24.9 Å². The first-order valence-corrected chi connectivity index (χ1v) is 6.62. The molecule has 1 rings (SSSR count). The molecule has 3 nitrogen and oxygen atoms in total. The molecule has 0 bridgehead atoms. The summed E-state index contributed by atoms with van der Waals surface area (Å²) in [6.45, 7) is 4.32. The highest BCUT2D eigenvalue weighted by Gasteiger charge is 2.13. The molecule has 17 heavy (non-hydrogen) atoms. The summed E-state index contributed by atoms with van der Waals surface area (Å²) in [7, 11) is 1.64. The van der Waals surface area contributed by atoms with Gasteiger partial charge in [0, 0.05) is 6.04 Å². The lowest BCUT2D eigenvalue weighted by Crippen LogP contribution is -2.32. The molecule has 2 unspecified atom stereocenters. The van der Waals surface area contributed by atoms with E-state index in [-0.39, 0.29) is 12.6 Å². The van der Waals surface area contributed by atoms with Crippen molar-refractivity contribution in [3.05, 3.63) is 28.2 Å². The number of hydrogen-bond acceptors (Lipinski definition) is 3. The second kappa shape index (κ2) is 6.99. The van der Waals surface area contributed by atoms with Crippen LogP contribution in [0.25, 0.3) is 0 Å². The molecule has 0 fully saturated rings. The van der Waals surface area contributed by atoms with Crippen LogP contribution >= 0.6 is 15.9 Å². The molecule has 0 spiro atoms. The van der Waals surface area contributed by atoms with Gasteiger partial charge in [-0.25, -0.2) is 0 Å². The van der Waals surface area contributed by atoms with Crippen molar-refractivity contribution in [2.75, 3.05) is 13.7 Å². The molecule has 0 amide bonds. The Morgan fingerprint density at radius 2 is 2.18 bits per heavy atom. The van der Waals surface area contributed by atoms with Gasteiger partial charge in [-0.3, -0.25) is 0 Å². The van der Waals surface area contributed by atoms with Gasteiger partial charge < -0.3 is 15.2 Å². The third-order valence-electron chi connectivity index (χ3n) is 2.86. The highest BCUT2D eigenvalue weighted by Crippen LogP contribution is 2.28. The van der Waals surface area contributed by atoms with Crippen LogP contribution in [0.4, 0.5) is 0 Å². The molecule has 4 heteroatoms. The zero-order valence-corrected chi connectivity index (χ0v) is 12.1. The summed E-state index contributed by atoms with van der Waals surface area (Å²) in [5, 5.41) is 12.8. The van der Waals surface area contributed by atoms with E-state index in [4.69, 9.17) is 4.74 Å². The van der Waals surface area contributed by atoms with Crippen LogP contribution in [0.2, 0.25) is 0 Å². The van der Waals surface area contributed by atoms with Gasteiger partial charge in [-0.2, -0.15) is 0 Å². The van der Waals surface area contributed by atoms with Gasteiger partial charge in [0.05, 0.1) is 24.2 Å². The van der Waals surface area contributed by atoms with Crippen molar-refractivity contribution in [2.45, 2.75) is 32.4 Å². The normalized spacial score (nSPS) is 14.4. The Morgan fingerprint density at radius 3 is 2.65 bits per heavy atom. The second-order valence-electron chi connectivity index (χ2n) is 4.11. The number of halogens is 1. The molecule has 1 aromatic carbocycles. The maximum atomic E-state index is 9.43. The van der Waals surface area contributed by atoms with Gasteiger partial charge in [-0.05, 0) is 47.0 Å². The van der Waals surface area contributed by atoms with Gasteiger partial charge in [0.1, 0.15) is 5.75 Å². The number of hydrogen-bond donors (Lipinski definition) is 2. The molecule has 0 radical (unpaired) electrons. The maximum Gasteiger partial charge on any atom is 0.133 e. The van der Waals surface area contributed by atoms with Crippen molar-refractivity contribution in [2.24, 2.45) is 0 Å². The van der Waals surface area contributed by atoms with E-state index >= 15 is 0 Å². The van der Waals surface area contributed by atoms with Crippen molar-refractivity contribution in [1.29, 1.82) is 0 Å². The van der Waals surface area contributed by atoms with Gasteiger partial charge in [0.2, 0.25) is 0 Å². The van der Waals surface area contributed by atoms with E-state index in [0.717, 1.165) is 22.2 Å². The predicted octanol–water partition coefficient (Wildman–Crippen LogP) is 2.88. The van der Waals surface area contributed by atoms with Gasteiger partial charge in [0.25, 0.3) is 0 Å². The van der Waals surface area contributed by atoms with Crippen molar-refractivity contribution in [3.8, 4) is 5.75 Å². The lowest BCUT2D eigenvalue weighted by molar-refractivity contribution is 0.234. The Morgan fingerprint density at radius 1 is 1.47 bits per heavy atom. The topological polar surface area (TPSA) is 41.5 Å². The van der Waals surface area contributed by atoms with Crippen LogP contribution in [0, 0.1) is 0 Å². The number of aliphatic hydroxyl groups excluding tert-OH is 1. The Hall–Kier alpha value is -0.580. The van der Waals surface area contributed by atoms with Crippen molar-refractivity contribution in [1.82, 2.24) is 5.32 Å². The van der Waals surface area contributed by atoms with E-state index < -0.39 is 0 Å². The van der Waals surface area contributed by atoms with Crippen LogP contribution in [0.3, 0.4) is 0 Å². The van der Waals surface area contributed by atoms with Gasteiger partial charge >= 0.3 is 0 Å². The highest BCUT2D eigenvalue weighted by atomic mass is 79.9. The van der Waals surface area contributed by atoms with Crippen molar-refractivity contribution in [3.63, 3.8) is 0 Å². The van der Waals surface area contributed by atoms with Crippen LogP contribution in [0.1, 0.15) is 31.9 Å². The Labute approximate surface area is 111 Å². The quantitative estimate of drug-likeness (QED) is 0.849. The summed E-state index contributed by atoms with van der Waals surface area (Å²) in [5.74, 6) is 0.800. The van der Waals surface area contributed by atoms with Gasteiger partial charge in [-0.1, -0.05) is 13.0 Å². The molecule has 0 aliphatic rings. The summed E-state index contributed by atoms with van der Waals surface area (Å²) in [4.78, 5) is 0. The second-order valence-corrected chi connectivity index (χ2v) is 4.96. The zero-order chi connectivity index (χ0) is 12.8. The minimum atomic E-state index is -0.0350. The van der Waals surface area contributed by atoms with E-state index in [0.29, 0.717) is 6.04 Å². The molecular weight excluding hydrogens is 282 g/mol. The van der Waals surface area contributed by atoms with Gasteiger partial charge in [0.15, 0.2) is 0 Å². The Bertz CT molecular complexity index is 357. The Kier molecular flexibility index (Phi) is 5.95. The Balaban J connectivity index is 2.85. The largest absolute Gasteiger partial charge is 0.496 e.